The quantitative estimate of drug-likeness (QED) is 0.622. The Morgan fingerprint density at radius 2 is 1.47 bits per heavy atom. The zero-order valence-corrected chi connectivity index (χ0v) is 17.6. The predicted octanol–water partition coefficient (Wildman–Crippen LogP) is 3.95. The molecule has 7 heteroatoms. The Hall–Kier alpha value is -3.19. The van der Waals surface area contributed by atoms with E-state index in [1.54, 1.807) is 12.1 Å². The predicted molar refractivity (Wildman–Crippen MR) is 115 cm³/mol. The van der Waals surface area contributed by atoms with Gasteiger partial charge in [-0.05, 0) is 43.7 Å². The van der Waals surface area contributed by atoms with Gasteiger partial charge < -0.3 is 5.32 Å². The molecule has 0 aliphatic heterocycles. The van der Waals surface area contributed by atoms with Gasteiger partial charge in [-0.2, -0.15) is 0 Å². The molecule has 0 aliphatic carbocycles. The van der Waals surface area contributed by atoms with E-state index in [1.807, 2.05) is 38.1 Å². The van der Waals surface area contributed by atoms with Crippen molar-refractivity contribution in [2.45, 2.75) is 25.3 Å². The lowest BCUT2D eigenvalue weighted by Crippen LogP contribution is -2.41. The number of hydrogen-bond acceptors (Lipinski definition) is 3. The minimum atomic E-state index is -4.14. The molecule has 0 saturated heterocycles. The van der Waals surface area contributed by atoms with Gasteiger partial charge in [-0.1, -0.05) is 59.7 Å². The third kappa shape index (κ3) is 5.04. The summed E-state index contributed by atoms with van der Waals surface area (Å²) < 4.78 is 41.7. The van der Waals surface area contributed by atoms with E-state index in [9.17, 15) is 17.6 Å². The molecule has 156 valence electrons. The summed E-state index contributed by atoms with van der Waals surface area (Å²) in [6.07, 6.45) is 0. The van der Waals surface area contributed by atoms with Crippen molar-refractivity contribution in [2.75, 3.05) is 10.8 Å². The van der Waals surface area contributed by atoms with Crippen LogP contribution in [0.2, 0.25) is 0 Å². The maximum Gasteiger partial charge on any atom is 0.264 e. The van der Waals surface area contributed by atoms with Crippen LogP contribution in [0, 0.1) is 19.7 Å². The smallest absolute Gasteiger partial charge is 0.264 e. The Bertz CT molecular complexity index is 1130. The number of anilines is 1. The number of nitrogens with zero attached hydrogens (tertiary/aromatic N) is 1. The van der Waals surface area contributed by atoms with E-state index >= 15 is 0 Å². The highest BCUT2D eigenvalue weighted by atomic mass is 32.2. The third-order valence-corrected chi connectivity index (χ3v) is 6.40. The van der Waals surface area contributed by atoms with Gasteiger partial charge in [-0.3, -0.25) is 9.10 Å². The molecule has 0 fully saturated rings. The number of benzene rings is 3. The van der Waals surface area contributed by atoms with Gasteiger partial charge in [0.15, 0.2) is 0 Å². The molecule has 0 saturated carbocycles. The van der Waals surface area contributed by atoms with Gasteiger partial charge in [0.1, 0.15) is 12.4 Å². The lowest BCUT2D eigenvalue weighted by atomic mass is 10.1. The third-order valence-electron chi connectivity index (χ3n) is 4.63. The monoisotopic (exact) mass is 426 g/mol. The van der Waals surface area contributed by atoms with E-state index in [2.05, 4.69) is 5.32 Å². The molecule has 1 N–H and O–H groups in total. The average molecular weight is 427 g/mol. The molecule has 0 bridgehead atoms. The molecule has 1 amide bonds. The van der Waals surface area contributed by atoms with Crippen molar-refractivity contribution in [1.29, 1.82) is 0 Å². The molecule has 0 radical (unpaired) electrons. The van der Waals surface area contributed by atoms with Gasteiger partial charge in [-0.25, -0.2) is 12.8 Å². The first-order valence-corrected chi connectivity index (χ1v) is 10.9. The van der Waals surface area contributed by atoms with Crippen molar-refractivity contribution in [3.05, 3.63) is 95.3 Å². The lowest BCUT2D eigenvalue weighted by molar-refractivity contribution is -0.119. The van der Waals surface area contributed by atoms with Crippen LogP contribution >= 0.6 is 0 Å². The highest BCUT2D eigenvalue weighted by Crippen LogP contribution is 2.26. The van der Waals surface area contributed by atoms with Crippen molar-refractivity contribution in [1.82, 2.24) is 5.32 Å². The molecule has 3 rings (SSSR count). The molecule has 0 spiro atoms. The van der Waals surface area contributed by atoms with Crippen molar-refractivity contribution in [2.24, 2.45) is 0 Å². The molecule has 0 atom stereocenters. The highest BCUT2D eigenvalue weighted by Gasteiger charge is 2.29. The first-order valence-electron chi connectivity index (χ1n) is 9.43. The maximum atomic E-state index is 14.5. The van der Waals surface area contributed by atoms with Gasteiger partial charge in [0.2, 0.25) is 5.91 Å². The maximum absolute atomic E-state index is 14.5. The van der Waals surface area contributed by atoms with Crippen molar-refractivity contribution >= 4 is 21.6 Å². The van der Waals surface area contributed by atoms with Crippen LogP contribution in [0.1, 0.15) is 16.7 Å². The highest BCUT2D eigenvalue weighted by molar-refractivity contribution is 7.92. The number of para-hydroxylation sites is 1. The summed E-state index contributed by atoms with van der Waals surface area (Å²) in [7, 11) is -4.14. The average Bonchev–Trinajstić information content (AvgIpc) is 2.72. The van der Waals surface area contributed by atoms with Gasteiger partial charge in [-0.15, -0.1) is 0 Å². The van der Waals surface area contributed by atoms with Crippen LogP contribution in [0.25, 0.3) is 0 Å². The van der Waals surface area contributed by atoms with Gasteiger partial charge >= 0.3 is 0 Å². The summed E-state index contributed by atoms with van der Waals surface area (Å²) >= 11 is 0. The Labute approximate surface area is 176 Å². The standard InChI is InChI=1S/C23H23FN2O3S/c1-17-7-11-19(12-8-17)15-25-23(27)16-26(22-6-4-3-5-21(22)24)30(28,29)20-13-9-18(2)10-14-20/h3-14H,15-16H2,1-2H3,(H,25,27). The van der Waals surface area contributed by atoms with Crippen molar-refractivity contribution in [3.63, 3.8) is 0 Å². The number of hydrogen-bond donors (Lipinski definition) is 1. The molecule has 3 aromatic carbocycles. The summed E-state index contributed by atoms with van der Waals surface area (Å²) in [5, 5.41) is 2.70. The number of carbonyl (C=O) groups excluding carboxylic acids is 1. The van der Waals surface area contributed by atoms with Crippen LogP contribution in [-0.2, 0) is 21.4 Å². The van der Waals surface area contributed by atoms with E-state index in [1.165, 1.54) is 30.3 Å². The molecule has 0 aliphatic rings. The number of sulfonamides is 1. The molecule has 30 heavy (non-hydrogen) atoms. The Kier molecular flexibility index (Phi) is 6.52. The molecule has 0 heterocycles. The largest absolute Gasteiger partial charge is 0.350 e. The molecular formula is C23H23FN2O3S. The van der Waals surface area contributed by atoms with Gasteiger partial charge in [0.05, 0.1) is 10.6 Å². The zero-order chi connectivity index (χ0) is 21.7. The van der Waals surface area contributed by atoms with E-state index in [0.717, 1.165) is 27.1 Å². The number of rotatable bonds is 7. The van der Waals surface area contributed by atoms with E-state index in [4.69, 9.17) is 0 Å². The number of carbonyl (C=O) groups is 1. The van der Waals surface area contributed by atoms with Crippen LogP contribution in [0.3, 0.4) is 0 Å². The summed E-state index contributed by atoms with van der Waals surface area (Å²) in [6, 6.07) is 19.3. The first-order chi connectivity index (χ1) is 14.3. The Balaban J connectivity index is 1.86. The molecule has 3 aromatic rings. The van der Waals surface area contributed by atoms with Gasteiger partial charge in [0, 0.05) is 6.54 Å². The Morgan fingerprint density at radius 3 is 2.07 bits per heavy atom. The van der Waals surface area contributed by atoms with Crippen molar-refractivity contribution < 1.29 is 17.6 Å². The molecule has 5 nitrogen and oxygen atoms in total. The SMILES string of the molecule is Cc1ccc(CNC(=O)CN(c2ccccc2F)S(=O)(=O)c2ccc(C)cc2)cc1. The van der Waals surface area contributed by atoms with Crippen LogP contribution in [0.15, 0.2) is 77.7 Å². The number of nitrogens with one attached hydrogen (secondary N) is 1. The van der Waals surface area contributed by atoms with Crippen LogP contribution in [0.5, 0.6) is 0 Å². The second-order valence-electron chi connectivity index (χ2n) is 7.04. The number of amides is 1. The fraction of sp³-hybridized carbons (Fsp3) is 0.174. The fourth-order valence-electron chi connectivity index (χ4n) is 2.88. The second-order valence-corrected chi connectivity index (χ2v) is 8.90. The number of aryl methyl sites for hydroxylation is 2. The van der Waals surface area contributed by atoms with Gasteiger partial charge in [0.25, 0.3) is 10.0 Å². The molecule has 0 unspecified atom stereocenters. The Morgan fingerprint density at radius 1 is 0.900 bits per heavy atom. The van der Waals surface area contributed by atoms with E-state index < -0.39 is 28.3 Å². The summed E-state index contributed by atoms with van der Waals surface area (Å²) in [5.74, 6) is -1.26. The first kappa shape index (κ1) is 21.5. The zero-order valence-electron chi connectivity index (χ0n) is 16.8. The summed E-state index contributed by atoms with van der Waals surface area (Å²) in [5.41, 5.74) is 2.69. The topological polar surface area (TPSA) is 66.5 Å². The fourth-order valence-corrected chi connectivity index (χ4v) is 4.31. The van der Waals surface area contributed by atoms with Crippen LogP contribution < -0.4 is 9.62 Å². The van der Waals surface area contributed by atoms with Crippen LogP contribution in [-0.4, -0.2) is 20.9 Å². The summed E-state index contributed by atoms with van der Waals surface area (Å²) in [4.78, 5) is 12.6. The number of halogens is 1. The second kappa shape index (κ2) is 9.09. The summed E-state index contributed by atoms with van der Waals surface area (Å²) in [6.45, 7) is 3.51. The molecular weight excluding hydrogens is 403 g/mol. The molecule has 0 aromatic heterocycles. The normalized spacial score (nSPS) is 11.2. The minimum absolute atomic E-state index is 0.0114. The van der Waals surface area contributed by atoms with Crippen LogP contribution in [0.4, 0.5) is 10.1 Å². The van der Waals surface area contributed by atoms with Crippen molar-refractivity contribution in [3.8, 4) is 0 Å². The minimum Gasteiger partial charge on any atom is -0.350 e. The van der Waals surface area contributed by atoms with E-state index in [0.29, 0.717) is 0 Å². The van der Waals surface area contributed by atoms with E-state index in [-0.39, 0.29) is 17.1 Å². The lowest BCUT2D eigenvalue weighted by Gasteiger charge is -2.24.